The molecule has 0 atom stereocenters. The Balaban J connectivity index is 2.07. The van der Waals surface area contributed by atoms with Gasteiger partial charge in [-0.1, -0.05) is 30.3 Å². The molecule has 0 saturated carbocycles. The second-order valence-electron chi connectivity index (χ2n) is 6.81. The molecular weight excluding hydrogens is 406 g/mol. The molecule has 0 radical (unpaired) electrons. The SMILES string of the molecule is COc1ccc(S(=O)(=O)N(Cc2ccccc2)Cc2cc(=O)n(C)c(=O)n2C)cc1. The van der Waals surface area contributed by atoms with Gasteiger partial charge in [0.25, 0.3) is 5.56 Å². The molecule has 3 aromatic rings. The van der Waals surface area contributed by atoms with Gasteiger partial charge in [0, 0.05) is 32.4 Å². The average molecular weight is 429 g/mol. The van der Waals surface area contributed by atoms with E-state index in [1.54, 1.807) is 12.1 Å². The lowest BCUT2D eigenvalue weighted by Gasteiger charge is -2.23. The highest BCUT2D eigenvalue weighted by atomic mass is 32.2. The fourth-order valence-electron chi connectivity index (χ4n) is 3.02. The van der Waals surface area contributed by atoms with Crippen molar-refractivity contribution in [1.29, 1.82) is 0 Å². The summed E-state index contributed by atoms with van der Waals surface area (Å²) >= 11 is 0. The van der Waals surface area contributed by atoms with E-state index in [4.69, 9.17) is 4.74 Å². The minimum Gasteiger partial charge on any atom is -0.497 e. The summed E-state index contributed by atoms with van der Waals surface area (Å²) in [7, 11) is 0.471. The molecule has 30 heavy (non-hydrogen) atoms. The van der Waals surface area contributed by atoms with Crippen LogP contribution in [0.15, 0.2) is 75.1 Å². The number of sulfonamides is 1. The van der Waals surface area contributed by atoms with Gasteiger partial charge in [-0.05, 0) is 29.8 Å². The standard InChI is InChI=1S/C21H23N3O5S/c1-22-17(13-20(25)23(2)21(22)26)15-24(14-16-7-5-4-6-8-16)30(27,28)19-11-9-18(29-3)10-12-19/h4-13H,14-15H2,1-3H3. The van der Waals surface area contributed by atoms with E-state index < -0.39 is 21.3 Å². The minimum absolute atomic E-state index is 0.0819. The summed E-state index contributed by atoms with van der Waals surface area (Å²) < 4.78 is 35.4. The third-order valence-electron chi connectivity index (χ3n) is 4.86. The van der Waals surface area contributed by atoms with E-state index in [9.17, 15) is 18.0 Å². The molecular formula is C21H23N3O5S. The van der Waals surface area contributed by atoms with Gasteiger partial charge >= 0.3 is 5.69 Å². The molecule has 8 nitrogen and oxygen atoms in total. The predicted octanol–water partition coefficient (Wildman–Crippen LogP) is 1.48. The van der Waals surface area contributed by atoms with Crippen molar-refractivity contribution in [3.05, 3.63) is 92.8 Å². The van der Waals surface area contributed by atoms with Crippen molar-refractivity contribution in [3.8, 4) is 5.75 Å². The first-order valence-corrected chi connectivity index (χ1v) is 10.6. The molecule has 0 saturated heterocycles. The van der Waals surface area contributed by atoms with Gasteiger partial charge in [-0.15, -0.1) is 0 Å². The van der Waals surface area contributed by atoms with Crippen molar-refractivity contribution in [1.82, 2.24) is 13.4 Å². The zero-order valence-corrected chi connectivity index (χ0v) is 17.8. The topological polar surface area (TPSA) is 90.6 Å². The number of benzene rings is 2. The van der Waals surface area contributed by atoms with Crippen LogP contribution in [-0.2, 0) is 37.2 Å². The molecule has 2 aromatic carbocycles. The molecule has 0 fully saturated rings. The Labute approximate surface area is 174 Å². The van der Waals surface area contributed by atoms with Crippen LogP contribution in [0.5, 0.6) is 5.75 Å². The van der Waals surface area contributed by atoms with E-state index in [-0.39, 0.29) is 18.0 Å². The Morgan fingerprint density at radius 1 is 0.900 bits per heavy atom. The van der Waals surface area contributed by atoms with E-state index in [1.807, 2.05) is 30.3 Å². The molecule has 1 aromatic heterocycles. The van der Waals surface area contributed by atoms with E-state index in [0.29, 0.717) is 11.4 Å². The lowest BCUT2D eigenvalue weighted by Crippen LogP contribution is -2.40. The van der Waals surface area contributed by atoms with Gasteiger partial charge in [0.05, 0.1) is 18.6 Å². The van der Waals surface area contributed by atoms with Crippen LogP contribution in [0.4, 0.5) is 0 Å². The second kappa shape index (κ2) is 8.68. The number of ether oxygens (including phenoxy) is 1. The lowest BCUT2D eigenvalue weighted by molar-refractivity contribution is 0.387. The van der Waals surface area contributed by atoms with Gasteiger partial charge in [0.1, 0.15) is 5.75 Å². The summed E-state index contributed by atoms with van der Waals surface area (Å²) in [4.78, 5) is 24.5. The third kappa shape index (κ3) is 4.37. The number of rotatable bonds is 7. The molecule has 0 amide bonds. The van der Waals surface area contributed by atoms with Gasteiger partial charge < -0.3 is 4.74 Å². The summed E-state index contributed by atoms with van der Waals surface area (Å²) in [5.41, 5.74) is 0.0770. The van der Waals surface area contributed by atoms with Crippen LogP contribution in [0.1, 0.15) is 11.3 Å². The van der Waals surface area contributed by atoms with Gasteiger partial charge in [-0.2, -0.15) is 4.31 Å². The van der Waals surface area contributed by atoms with Crippen molar-refractivity contribution in [2.45, 2.75) is 18.0 Å². The van der Waals surface area contributed by atoms with Crippen LogP contribution in [-0.4, -0.2) is 29.0 Å². The average Bonchev–Trinajstić information content (AvgIpc) is 2.76. The molecule has 9 heteroatoms. The third-order valence-corrected chi connectivity index (χ3v) is 6.67. The van der Waals surface area contributed by atoms with Crippen molar-refractivity contribution >= 4 is 10.0 Å². The normalized spacial score (nSPS) is 11.6. The predicted molar refractivity (Wildman–Crippen MR) is 113 cm³/mol. The molecule has 0 unspecified atom stereocenters. The van der Waals surface area contributed by atoms with Crippen LogP contribution in [0.25, 0.3) is 0 Å². The Bertz CT molecular complexity index is 1250. The number of hydrogen-bond acceptors (Lipinski definition) is 5. The van der Waals surface area contributed by atoms with E-state index in [0.717, 1.165) is 10.1 Å². The maximum Gasteiger partial charge on any atom is 0.330 e. The summed E-state index contributed by atoms with van der Waals surface area (Å²) in [5.74, 6) is 0.539. The number of aromatic nitrogens is 2. The Morgan fingerprint density at radius 3 is 2.13 bits per heavy atom. The van der Waals surface area contributed by atoms with Gasteiger partial charge in [0.15, 0.2) is 0 Å². The first kappa shape index (κ1) is 21.5. The van der Waals surface area contributed by atoms with Crippen molar-refractivity contribution in [2.75, 3.05) is 7.11 Å². The first-order chi connectivity index (χ1) is 14.2. The van der Waals surface area contributed by atoms with Crippen molar-refractivity contribution in [3.63, 3.8) is 0 Å². The Kier molecular flexibility index (Phi) is 6.23. The van der Waals surface area contributed by atoms with Gasteiger partial charge in [0.2, 0.25) is 10.0 Å². The van der Waals surface area contributed by atoms with Crippen LogP contribution < -0.4 is 16.0 Å². The monoisotopic (exact) mass is 429 g/mol. The molecule has 0 aliphatic rings. The lowest BCUT2D eigenvalue weighted by atomic mass is 10.2. The van der Waals surface area contributed by atoms with E-state index in [1.165, 1.54) is 48.3 Å². The van der Waals surface area contributed by atoms with Crippen LogP contribution in [0, 0.1) is 0 Å². The summed E-state index contributed by atoms with van der Waals surface area (Å²) in [5, 5.41) is 0. The molecule has 0 bridgehead atoms. The molecule has 1 heterocycles. The maximum atomic E-state index is 13.4. The summed E-state index contributed by atoms with van der Waals surface area (Å²) in [6, 6.07) is 16.5. The van der Waals surface area contributed by atoms with Gasteiger partial charge in [-0.3, -0.25) is 13.9 Å². The fourth-order valence-corrected chi connectivity index (χ4v) is 4.42. The Hall–Kier alpha value is -3.17. The smallest absolute Gasteiger partial charge is 0.330 e. The molecule has 3 rings (SSSR count). The maximum absolute atomic E-state index is 13.4. The second-order valence-corrected chi connectivity index (χ2v) is 8.75. The molecule has 0 aliphatic heterocycles. The molecule has 158 valence electrons. The number of nitrogens with zero attached hydrogens (tertiary/aromatic N) is 3. The van der Waals surface area contributed by atoms with Crippen molar-refractivity contribution in [2.24, 2.45) is 14.1 Å². The largest absolute Gasteiger partial charge is 0.497 e. The minimum atomic E-state index is -3.92. The zero-order valence-electron chi connectivity index (χ0n) is 17.0. The highest BCUT2D eigenvalue weighted by Crippen LogP contribution is 2.22. The number of hydrogen-bond donors (Lipinski definition) is 0. The number of methoxy groups -OCH3 is 1. The first-order valence-electron chi connectivity index (χ1n) is 9.18. The van der Waals surface area contributed by atoms with E-state index in [2.05, 4.69) is 0 Å². The van der Waals surface area contributed by atoms with E-state index >= 15 is 0 Å². The summed E-state index contributed by atoms with van der Waals surface area (Å²) in [6.45, 7) is -0.0519. The molecule has 0 N–H and O–H groups in total. The fraction of sp³-hybridized carbons (Fsp3) is 0.238. The summed E-state index contributed by atoms with van der Waals surface area (Å²) in [6.07, 6.45) is 0. The zero-order chi connectivity index (χ0) is 21.9. The van der Waals surface area contributed by atoms with Gasteiger partial charge in [-0.25, -0.2) is 13.2 Å². The highest BCUT2D eigenvalue weighted by molar-refractivity contribution is 7.89. The molecule has 0 aliphatic carbocycles. The molecule has 0 spiro atoms. The van der Waals surface area contributed by atoms with Crippen LogP contribution >= 0.6 is 0 Å². The van der Waals surface area contributed by atoms with Crippen molar-refractivity contribution < 1.29 is 13.2 Å². The quantitative estimate of drug-likeness (QED) is 0.568. The van der Waals surface area contributed by atoms with Crippen LogP contribution in [0.3, 0.4) is 0 Å². The highest BCUT2D eigenvalue weighted by Gasteiger charge is 2.26. The Morgan fingerprint density at radius 2 is 1.53 bits per heavy atom. The van der Waals surface area contributed by atoms with Crippen LogP contribution in [0.2, 0.25) is 0 Å².